The maximum absolute atomic E-state index is 13.2. The number of hydrogen-bond donors (Lipinski definition) is 1. The summed E-state index contributed by atoms with van der Waals surface area (Å²) in [6, 6.07) is 19.4. The normalized spacial score (nSPS) is 13.9. The third kappa shape index (κ3) is 5.94. The van der Waals surface area contributed by atoms with Crippen LogP contribution >= 0.6 is 0 Å². The fourth-order valence-corrected chi connectivity index (χ4v) is 5.48. The minimum Gasteiger partial charge on any atom is -0.497 e. The van der Waals surface area contributed by atoms with Gasteiger partial charge in [0.1, 0.15) is 5.75 Å². The second-order valence-electron chi connectivity index (χ2n) is 8.90. The number of amides is 2. The zero-order valence-corrected chi connectivity index (χ0v) is 21.8. The van der Waals surface area contributed by atoms with Crippen LogP contribution in [0.3, 0.4) is 0 Å². The minimum atomic E-state index is -3.79. The van der Waals surface area contributed by atoms with Crippen molar-refractivity contribution < 1.29 is 22.7 Å². The van der Waals surface area contributed by atoms with Crippen molar-refractivity contribution in [2.75, 3.05) is 36.9 Å². The summed E-state index contributed by atoms with van der Waals surface area (Å²) in [5.41, 5.74) is 1.66. The summed E-state index contributed by atoms with van der Waals surface area (Å²) in [5.74, 6) is 0.0912. The molecule has 0 spiro atoms. The highest BCUT2D eigenvalue weighted by Crippen LogP contribution is 2.25. The Hall–Kier alpha value is -3.85. The number of carbonyl (C=O) groups excluding carboxylic acids is 2. The molecule has 0 aliphatic carbocycles. The van der Waals surface area contributed by atoms with E-state index in [-0.39, 0.29) is 16.7 Å². The second-order valence-corrected chi connectivity index (χ2v) is 10.9. The minimum absolute atomic E-state index is 0.0847. The molecular weight excluding hydrogens is 490 g/mol. The standard InChI is InChI=1S/C28H31N3O5S/c1-30(37(34,35)24-17-15-23(36-2)16-18-24)22-13-11-21(12-14-22)27(32)29-26-10-6-5-9-25(26)28(33)31-19-7-3-4-8-20-31/h5-6,9-18H,3-4,7-8,19-20H2,1-2H3,(H,29,32). The number of methoxy groups -OCH3 is 1. The fourth-order valence-electron chi connectivity index (χ4n) is 4.28. The summed E-state index contributed by atoms with van der Waals surface area (Å²) in [6.45, 7) is 1.44. The van der Waals surface area contributed by atoms with Crippen molar-refractivity contribution in [2.24, 2.45) is 0 Å². The van der Waals surface area contributed by atoms with E-state index in [1.165, 1.54) is 26.3 Å². The number of carbonyl (C=O) groups is 2. The van der Waals surface area contributed by atoms with Gasteiger partial charge in [-0.3, -0.25) is 13.9 Å². The molecule has 3 aromatic rings. The Morgan fingerprint density at radius 3 is 2.11 bits per heavy atom. The van der Waals surface area contributed by atoms with Crippen LogP contribution in [-0.4, -0.2) is 52.4 Å². The van der Waals surface area contributed by atoms with Crippen molar-refractivity contribution >= 4 is 33.2 Å². The van der Waals surface area contributed by atoms with Gasteiger partial charge in [-0.1, -0.05) is 25.0 Å². The predicted octanol–water partition coefficient (Wildman–Crippen LogP) is 4.79. The van der Waals surface area contributed by atoms with Gasteiger partial charge in [0.05, 0.1) is 28.9 Å². The van der Waals surface area contributed by atoms with Crippen LogP contribution in [0.5, 0.6) is 5.75 Å². The Balaban J connectivity index is 1.48. The monoisotopic (exact) mass is 521 g/mol. The quantitative estimate of drug-likeness (QED) is 0.482. The molecule has 1 aliphatic rings. The highest BCUT2D eigenvalue weighted by molar-refractivity contribution is 7.92. The van der Waals surface area contributed by atoms with Crippen LogP contribution in [0, 0.1) is 0 Å². The van der Waals surface area contributed by atoms with Crippen LogP contribution in [-0.2, 0) is 10.0 Å². The molecule has 0 bridgehead atoms. The highest BCUT2D eigenvalue weighted by atomic mass is 32.2. The molecular formula is C28H31N3O5S. The van der Waals surface area contributed by atoms with Crippen molar-refractivity contribution in [1.29, 1.82) is 0 Å². The van der Waals surface area contributed by atoms with Gasteiger partial charge < -0.3 is 15.0 Å². The van der Waals surface area contributed by atoms with E-state index in [0.29, 0.717) is 28.3 Å². The molecule has 1 fully saturated rings. The number of likely N-dealkylation sites (tertiary alicyclic amines) is 1. The first-order chi connectivity index (χ1) is 17.8. The molecule has 0 radical (unpaired) electrons. The molecule has 1 N–H and O–H groups in total. The van der Waals surface area contributed by atoms with E-state index < -0.39 is 10.0 Å². The SMILES string of the molecule is COc1ccc(S(=O)(=O)N(C)c2ccc(C(=O)Nc3ccccc3C(=O)N3CCCCCC3)cc2)cc1. The largest absolute Gasteiger partial charge is 0.497 e. The van der Waals surface area contributed by atoms with E-state index in [0.717, 1.165) is 43.1 Å². The molecule has 0 unspecified atom stereocenters. The zero-order valence-electron chi connectivity index (χ0n) is 21.0. The Labute approximate surface area is 217 Å². The lowest BCUT2D eigenvalue weighted by atomic mass is 10.1. The summed E-state index contributed by atoms with van der Waals surface area (Å²) >= 11 is 0. The molecule has 1 heterocycles. The molecule has 0 saturated carbocycles. The van der Waals surface area contributed by atoms with Gasteiger partial charge in [0.25, 0.3) is 21.8 Å². The lowest BCUT2D eigenvalue weighted by molar-refractivity contribution is 0.0762. The van der Waals surface area contributed by atoms with E-state index >= 15 is 0 Å². The van der Waals surface area contributed by atoms with Gasteiger partial charge in [-0.2, -0.15) is 0 Å². The smallest absolute Gasteiger partial charge is 0.264 e. The van der Waals surface area contributed by atoms with Gasteiger partial charge in [-0.05, 0) is 73.5 Å². The van der Waals surface area contributed by atoms with E-state index in [2.05, 4.69) is 5.32 Å². The van der Waals surface area contributed by atoms with Gasteiger partial charge in [0, 0.05) is 25.7 Å². The number of rotatable bonds is 7. The summed E-state index contributed by atoms with van der Waals surface area (Å²) in [7, 11) is -0.821. The van der Waals surface area contributed by atoms with Crippen LogP contribution in [0.25, 0.3) is 0 Å². The maximum atomic E-state index is 13.2. The van der Waals surface area contributed by atoms with Gasteiger partial charge in [0.15, 0.2) is 0 Å². The number of anilines is 2. The Morgan fingerprint density at radius 1 is 0.865 bits per heavy atom. The van der Waals surface area contributed by atoms with Crippen LogP contribution in [0.1, 0.15) is 46.4 Å². The Morgan fingerprint density at radius 2 is 1.49 bits per heavy atom. The van der Waals surface area contributed by atoms with Crippen LogP contribution in [0.2, 0.25) is 0 Å². The third-order valence-corrected chi connectivity index (χ3v) is 8.31. The maximum Gasteiger partial charge on any atom is 0.264 e. The molecule has 4 rings (SSSR count). The predicted molar refractivity (Wildman–Crippen MR) is 144 cm³/mol. The molecule has 0 aromatic heterocycles. The van der Waals surface area contributed by atoms with Crippen molar-refractivity contribution in [3.05, 3.63) is 83.9 Å². The van der Waals surface area contributed by atoms with Crippen molar-refractivity contribution in [2.45, 2.75) is 30.6 Å². The molecule has 8 nitrogen and oxygen atoms in total. The van der Waals surface area contributed by atoms with E-state index in [1.807, 2.05) is 4.90 Å². The molecule has 1 saturated heterocycles. The Bertz CT molecular complexity index is 1350. The highest BCUT2D eigenvalue weighted by Gasteiger charge is 2.23. The molecule has 9 heteroatoms. The first-order valence-corrected chi connectivity index (χ1v) is 13.7. The van der Waals surface area contributed by atoms with Crippen molar-refractivity contribution in [1.82, 2.24) is 4.90 Å². The third-order valence-electron chi connectivity index (χ3n) is 6.51. The van der Waals surface area contributed by atoms with Crippen LogP contribution in [0.15, 0.2) is 77.7 Å². The number of hydrogen-bond acceptors (Lipinski definition) is 5. The van der Waals surface area contributed by atoms with Crippen LogP contribution < -0.4 is 14.4 Å². The second kappa shape index (κ2) is 11.5. The number of nitrogens with zero attached hydrogens (tertiary/aromatic N) is 2. The molecule has 3 aromatic carbocycles. The number of nitrogens with one attached hydrogen (secondary N) is 1. The van der Waals surface area contributed by atoms with E-state index in [1.54, 1.807) is 60.7 Å². The van der Waals surface area contributed by atoms with Crippen molar-refractivity contribution in [3.8, 4) is 5.75 Å². The molecule has 0 atom stereocenters. The molecule has 37 heavy (non-hydrogen) atoms. The van der Waals surface area contributed by atoms with Gasteiger partial charge in [0.2, 0.25) is 0 Å². The van der Waals surface area contributed by atoms with Crippen LogP contribution in [0.4, 0.5) is 11.4 Å². The number of para-hydroxylation sites is 1. The summed E-state index contributed by atoms with van der Waals surface area (Å²) < 4.78 is 32.3. The number of ether oxygens (including phenoxy) is 1. The first-order valence-electron chi connectivity index (χ1n) is 12.2. The summed E-state index contributed by atoms with van der Waals surface area (Å²) in [5, 5.41) is 2.85. The topological polar surface area (TPSA) is 96.0 Å². The Kier molecular flexibility index (Phi) is 8.13. The van der Waals surface area contributed by atoms with Crippen molar-refractivity contribution in [3.63, 3.8) is 0 Å². The molecule has 2 amide bonds. The van der Waals surface area contributed by atoms with Gasteiger partial charge >= 0.3 is 0 Å². The lowest BCUT2D eigenvalue weighted by Crippen LogP contribution is -2.32. The number of sulfonamides is 1. The zero-order chi connectivity index (χ0) is 26.4. The molecule has 194 valence electrons. The summed E-state index contributed by atoms with van der Waals surface area (Å²) in [6.07, 6.45) is 4.20. The average Bonchev–Trinajstić information content (AvgIpc) is 3.22. The number of benzene rings is 3. The fraction of sp³-hybridized carbons (Fsp3) is 0.286. The van der Waals surface area contributed by atoms with Gasteiger partial charge in [-0.15, -0.1) is 0 Å². The lowest BCUT2D eigenvalue weighted by Gasteiger charge is -2.22. The van der Waals surface area contributed by atoms with E-state index in [9.17, 15) is 18.0 Å². The van der Waals surface area contributed by atoms with Gasteiger partial charge in [-0.25, -0.2) is 8.42 Å². The van der Waals surface area contributed by atoms with E-state index in [4.69, 9.17) is 4.74 Å². The molecule has 1 aliphatic heterocycles. The summed E-state index contributed by atoms with van der Waals surface area (Å²) in [4.78, 5) is 28.1. The first kappa shape index (κ1) is 26.2. The average molecular weight is 522 g/mol.